The van der Waals surface area contributed by atoms with Gasteiger partial charge in [-0.05, 0) is 6.92 Å². The molecule has 0 amide bonds. The van der Waals surface area contributed by atoms with Gasteiger partial charge in [0, 0.05) is 0 Å². The number of rotatable bonds is 0. The smallest absolute Gasteiger partial charge is 0.273 e. The largest absolute Gasteiger partial charge is 0.366 e. The first-order chi connectivity index (χ1) is 5.27. The summed E-state index contributed by atoms with van der Waals surface area (Å²) in [6.07, 6.45) is 1.60. The van der Waals surface area contributed by atoms with Crippen LogP contribution in [0.4, 0.5) is 5.95 Å². The van der Waals surface area contributed by atoms with E-state index in [1.165, 1.54) is 0 Å². The van der Waals surface area contributed by atoms with Gasteiger partial charge in [0.05, 0.1) is 11.9 Å². The van der Waals surface area contributed by atoms with Crippen LogP contribution in [-0.2, 0) is 0 Å². The zero-order valence-corrected chi connectivity index (χ0v) is 5.89. The van der Waals surface area contributed by atoms with Crippen molar-refractivity contribution in [1.82, 2.24) is 24.8 Å². The summed E-state index contributed by atoms with van der Waals surface area (Å²) >= 11 is 0. The third-order valence-corrected chi connectivity index (χ3v) is 1.33. The minimum absolute atomic E-state index is 0.216. The SMILES string of the molecule is Cc1cnnc2nc(N)nn12. The molecule has 0 radical (unpaired) electrons. The Morgan fingerprint density at radius 1 is 1.55 bits per heavy atom. The quantitative estimate of drug-likeness (QED) is 0.542. The molecule has 6 nitrogen and oxygen atoms in total. The van der Waals surface area contributed by atoms with Crippen molar-refractivity contribution < 1.29 is 0 Å². The average Bonchev–Trinajstić information content (AvgIpc) is 2.31. The topological polar surface area (TPSA) is 82.0 Å². The summed E-state index contributed by atoms with van der Waals surface area (Å²) in [4.78, 5) is 3.83. The van der Waals surface area contributed by atoms with Gasteiger partial charge in [-0.25, -0.2) is 0 Å². The Morgan fingerprint density at radius 3 is 3.09 bits per heavy atom. The van der Waals surface area contributed by atoms with Crippen LogP contribution in [0.2, 0.25) is 0 Å². The minimum Gasteiger partial charge on any atom is -0.366 e. The van der Waals surface area contributed by atoms with Gasteiger partial charge in [-0.15, -0.1) is 10.2 Å². The van der Waals surface area contributed by atoms with E-state index >= 15 is 0 Å². The second-order valence-corrected chi connectivity index (χ2v) is 2.17. The Hall–Kier alpha value is -1.72. The van der Waals surface area contributed by atoms with E-state index in [2.05, 4.69) is 20.3 Å². The van der Waals surface area contributed by atoms with Crippen LogP contribution in [0.5, 0.6) is 0 Å². The summed E-state index contributed by atoms with van der Waals surface area (Å²) in [7, 11) is 0. The van der Waals surface area contributed by atoms with Gasteiger partial charge in [0.1, 0.15) is 0 Å². The lowest BCUT2D eigenvalue weighted by atomic mass is 10.5. The summed E-state index contributed by atoms with van der Waals surface area (Å²) < 4.78 is 1.54. The molecule has 0 fully saturated rings. The van der Waals surface area contributed by atoms with Crippen LogP contribution in [0, 0.1) is 6.92 Å². The van der Waals surface area contributed by atoms with Crippen molar-refractivity contribution in [1.29, 1.82) is 0 Å². The van der Waals surface area contributed by atoms with Gasteiger partial charge in [0.25, 0.3) is 5.78 Å². The van der Waals surface area contributed by atoms with E-state index in [0.717, 1.165) is 5.69 Å². The molecule has 0 aromatic carbocycles. The first-order valence-corrected chi connectivity index (χ1v) is 3.08. The van der Waals surface area contributed by atoms with Crippen LogP contribution in [-0.4, -0.2) is 24.8 Å². The standard InChI is InChI=1S/C5H6N6/c1-3-2-7-9-5-8-4(6)10-11(3)5/h2H,1H3,(H2,6,10). The molecule has 56 valence electrons. The minimum atomic E-state index is 0.216. The highest BCUT2D eigenvalue weighted by molar-refractivity contribution is 5.32. The Kier molecular flexibility index (Phi) is 1.03. The van der Waals surface area contributed by atoms with Gasteiger partial charge >= 0.3 is 0 Å². The predicted octanol–water partition coefficient (Wildman–Crippen LogP) is -0.590. The zero-order chi connectivity index (χ0) is 7.84. The second-order valence-electron chi connectivity index (χ2n) is 2.17. The Bertz CT molecular complexity index is 391. The maximum Gasteiger partial charge on any atom is 0.273 e. The highest BCUT2D eigenvalue weighted by Gasteiger charge is 2.01. The second kappa shape index (κ2) is 1.88. The number of aryl methyl sites for hydroxylation is 1. The average molecular weight is 150 g/mol. The molecular formula is C5H6N6. The van der Waals surface area contributed by atoms with Gasteiger partial charge in [0.15, 0.2) is 0 Å². The van der Waals surface area contributed by atoms with Crippen molar-refractivity contribution in [3.05, 3.63) is 11.9 Å². The van der Waals surface area contributed by atoms with E-state index in [1.807, 2.05) is 6.92 Å². The fourth-order valence-electron chi connectivity index (χ4n) is 0.839. The Labute approximate surface area is 62.1 Å². The summed E-state index contributed by atoms with van der Waals surface area (Å²) in [5, 5.41) is 11.3. The number of hydrogen-bond donors (Lipinski definition) is 1. The fraction of sp³-hybridized carbons (Fsp3) is 0.200. The van der Waals surface area contributed by atoms with Gasteiger partial charge in [-0.3, -0.25) is 0 Å². The maximum absolute atomic E-state index is 5.35. The normalized spacial score (nSPS) is 10.6. The van der Waals surface area contributed by atoms with Gasteiger partial charge < -0.3 is 5.73 Å². The number of nitrogens with zero attached hydrogens (tertiary/aromatic N) is 5. The van der Waals surface area contributed by atoms with Crippen molar-refractivity contribution in [2.45, 2.75) is 6.92 Å². The summed E-state index contributed by atoms with van der Waals surface area (Å²) in [6.45, 7) is 1.86. The molecule has 11 heavy (non-hydrogen) atoms. The van der Waals surface area contributed by atoms with E-state index in [9.17, 15) is 0 Å². The molecule has 0 atom stereocenters. The van der Waals surface area contributed by atoms with Gasteiger partial charge in [-0.1, -0.05) is 0 Å². The molecule has 0 spiro atoms. The maximum atomic E-state index is 5.35. The molecular weight excluding hydrogens is 144 g/mol. The Balaban J connectivity index is 2.90. The van der Waals surface area contributed by atoms with Crippen LogP contribution in [0.1, 0.15) is 5.69 Å². The van der Waals surface area contributed by atoms with E-state index < -0.39 is 0 Å². The van der Waals surface area contributed by atoms with Crippen LogP contribution in [0.25, 0.3) is 5.78 Å². The highest BCUT2D eigenvalue weighted by atomic mass is 15.4. The monoisotopic (exact) mass is 150 g/mol. The van der Waals surface area contributed by atoms with Crippen molar-refractivity contribution >= 4 is 11.7 Å². The molecule has 2 heterocycles. The van der Waals surface area contributed by atoms with Gasteiger partial charge in [0.2, 0.25) is 5.95 Å². The molecule has 2 aromatic heterocycles. The summed E-state index contributed by atoms with van der Waals surface area (Å²) in [6, 6.07) is 0. The molecule has 0 unspecified atom stereocenters. The van der Waals surface area contributed by atoms with Gasteiger partial charge in [-0.2, -0.15) is 14.6 Å². The third-order valence-electron chi connectivity index (χ3n) is 1.33. The highest BCUT2D eigenvalue weighted by Crippen LogP contribution is 1.99. The number of nitrogens with two attached hydrogens (primary N) is 1. The summed E-state index contributed by atoms with van der Waals surface area (Å²) in [5.74, 6) is 0.649. The van der Waals surface area contributed by atoms with Crippen molar-refractivity contribution in [3.63, 3.8) is 0 Å². The fourth-order valence-corrected chi connectivity index (χ4v) is 0.839. The van der Waals surface area contributed by atoms with E-state index in [1.54, 1.807) is 10.7 Å². The number of fused-ring (bicyclic) bond motifs is 1. The molecule has 0 aliphatic heterocycles. The molecule has 0 aliphatic rings. The van der Waals surface area contributed by atoms with Crippen LogP contribution >= 0.6 is 0 Å². The lowest BCUT2D eigenvalue weighted by Gasteiger charge is -1.91. The van der Waals surface area contributed by atoms with E-state index in [-0.39, 0.29) is 5.95 Å². The number of hydrogen-bond acceptors (Lipinski definition) is 5. The third kappa shape index (κ3) is 0.794. The molecule has 0 aliphatic carbocycles. The van der Waals surface area contributed by atoms with Crippen molar-refractivity contribution in [2.24, 2.45) is 0 Å². The number of nitrogen functional groups attached to an aromatic ring is 1. The molecule has 2 N–H and O–H groups in total. The first-order valence-electron chi connectivity index (χ1n) is 3.08. The molecule has 2 aromatic rings. The molecule has 0 saturated heterocycles. The lowest BCUT2D eigenvalue weighted by Crippen LogP contribution is -1.97. The number of aromatic nitrogens is 5. The lowest BCUT2D eigenvalue weighted by molar-refractivity contribution is 0.849. The molecule has 2 rings (SSSR count). The zero-order valence-electron chi connectivity index (χ0n) is 5.89. The predicted molar refractivity (Wildman–Crippen MR) is 37.7 cm³/mol. The van der Waals surface area contributed by atoms with E-state index in [4.69, 9.17) is 5.73 Å². The first kappa shape index (κ1) is 6.02. The van der Waals surface area contributed by atoms with E-state index in [0.29, 0.717) is 5.78 Å². The number of anilines is 1. The molecule has 6 heteroatoms. The molecule has 0 saturated carbocycles. The van der Waals surface area contributed by atoms with Crippen molar-refractivity contribution in [3.8, 4) is 0 Å². The summed E-state index contributed by atoms with van der Waals surface area (Å²) in [5.41, 5.74) is 6.21. The van der Waals surface area contributed by atoms with Crippen LogP contribution < -0.4 is 5.73 Å². The molecule has 0 bridgehead atoms. The van der Waals surface area contributed by atoms with Crippen LogP contribution in [0.15, 0.2) is 6.20 Å². The Morgan fingerprint density at radius 2 is 2.36 bits per heavy atom. The van der Waals surface area contributed by atoms with Crippen molar-refractivity contribution in [2.75, 3.05) is 5.73 Å². The van der Waals surface area contributed by atoms with Crippen LogP contribution in [0.3, 0.4) is 0 Å².